The van der Waals surface area contributed by atoms with E-state index in [9.17, 15) is 19.2 Å². The number of amides is 2. The maximum Gasteiger partial charge on any atom is 0.268 e. The van der Waals surface area contributed by atoms with Crippen LogP contribution in [0.2, 0.25) is 0 Å². The van der Waals surface area contributed by atoms with Crippen LogP contribution < -0.4 is 10.6 Å². The van der Waals surface area contributed by atoms with Gasteiger partial charge in [0.05, 0.1) is 12.0 Å². The molecule has 2 fully saturated rings. The highest BCUT2D eigenvalue weighted by Crippen LogP contribution is 2.33. The lowest BCUT2D eigenvalue weighted by atomic mass is 9.83. The SMILES string of the molecule is Cn1c(C(=O)N[C@H]2CCCC[C@H]2C(=O)N[C@H](C#N)C2CC2)cc2cc(F)ccc21. The molecule has 29 heavy (non-hydrogen) atoms. The van der Waals surface area contributed by atoms with Crippen molar-refractivity contribution in [2.75, 3.05) is 0 Å². The molecule has 2 amide bonds. The van der Waals surface area contributed by atoms with Crippen molar-refractivity contribution in [2.45, 2.75) is 50.6 Å². The normalized spacial score (nSPS) is 22.7. The van der Waals surface area contributed by atoms with Gasteiger partial charge in [-0.1, -0.05) is 12.8 Å². The first-order valence-electron chi connectivity index (χ1n) is 10.2. The molecule has 152 valence electrons. The van der Waals surface area contributed by atoms with Gasteiger partial charge in [0.15, 0.2) is 0 Å². The van der Waals surface area contributed by atoms with Crippen molar-refractivity contribution in [3.8, 4) is 6.07 Å². The maximum atomic E-state index is 13.5. The summed E-state index contributed by atoms with van der Waals surface area (Å²) in [6.45, 7) is 0. The molecule has 0 radical (unpaired) electrons. The Kier molecular flexibility index (Phi) is 5.27. The van der Waals surface area contributed by atoms with Gasteiger partial charge in [0, 0.05) is 24.0 Å². The quantitative estimate of drug-likeness (QED) is 0.814. The number of carbonyl (C=O) groups is 2. The van der Waals surface area contributed by atoms with E-state index in [1.165, 1.54) is 12.1 Å². The van der Waals surface area contributed by atoms with Crippen LogP contribution in [0.15, 0.2) is 24.3 Å². The van der Waals surface area contributed by atoms with Gasteiger partial charge in [-0.2, -0.15) is 5.26 Å². The van der Waals surface area contributed by atoms with Crippen molar-refractivity contribution < 1.29 is 14.0 Å². The van der Waals surface area contributed by atoms with E-state index in [0.29, 0.717) is 17.5 Å². The van der Waals surface area contributed by atoms with Gasteiger partial charge in [0.2, 0.25) is 5.91 Å². The fourth-order valence-corrected chi connectivity index (χ4v) is 4.34. The number of aryl methyl sites for hydroxylation is 1. The lowest BCUT2D eigenvalue weighted by Gasteiger charge is -2.31. The molecule has 3 atom stereocenters. The van der Waals surface area contributed by atoms with Crippen LogP contribution in [-0.2, 0) is 11.8 Å². The monoisotopic (exact) mass is 396 g/mol. The molecule has 2 aliphatic carbocycles. The molecule has 1 aromatic heterocycles. The minimum absolute atomic E-state index is 0.146. The minimum atomic E-state index is -0.436. The van der Waals surface area contributed by atoms with Crippen molar-refractivity contribution >= 4 is 22.7 Å². The lowest BCUT2D eigenvalue weighted by Crippen LogP contribution is -2.50. The summed E-state index contributed by atoms with van der Waals surface area (Å²) in [7, 11) is 1.77. The average molecular weight is 396 g/mol. The molecule has 4 rings (SSSR count). The Labute approximate surface area is 169 Å². The summed E-state index contributed by atoms with van der Waals surface area (Å²) in [5, 5.41) is 15.9. The van der Waals surface area contributed by atoms with Crippen molar-refractivity contribution in [3.05, 3.63) is 35.8 Å². The zero-order valence-corrected chi connectivity index (χ0v) is 16.5. The number of halogens is 1. The Hall–Kier alpha value is -2.88. The van der Waals surface area contributed by atoms with Crippen LogP contribution in [0.3, 0.4) is 0 Å². The largest absolute Gasteiger partial charge is 0.347 e. The van der Waals surface area contributed by atoms with Gasteiger partial charge in [0.1, 0.15) is 17.6 Å². The van der Waals surface area contributed by atoms with Crippen LogP contribution in [0.25, 0.3) is 10.9 Å². The van der Waals surface area contributed by atoms with Gasteiger partial charge >= 0.3 is 0 Å². The molecule has 6 nitrogen and oxygen atoms in total. The van der Waals surface area contributed by atoms with Gasteiger partial charge in [-0.3, -0.25) is 9.59 Å². The summed E-state index contributed by atoms with van der Waals surface area (Å²) in [6.07, 6.45) is 5.25. The van der Waals surface area contributed by atoms with E-state index in [0.717, 1.165) is 37.6 Å². The second kappa shape index (κ2) is 7.86. The third kappa shape index (κ3) is 3.98. The first kappa shape index (κ1) is 19.4. The Morgan fingerprint density at radius 3 is 2.69 bits per heavy atom. The molecule has 0 spiro atoms. The highest BCUT2D eigenvalue weighted by atomic mass is 19.1. The van der Waals surface area contributed by atoms with E-state index in [1.807, 2.05) is 0 Å². The number of carbonyl (C=O) groups excluding carboxylic acids is 2. The van der Waals surface area contributed by atoms with Crippen molar-refractivity contribution in [3.63, 3.8) is 0 Å². The highest BCUT2D eigenvalue weighted by Gasteiger charge is 2.37. The molecule has 2 saturated carbocycles. The third-order valence-electron chi connectivity index (χ3n) is 6.19. The topological polar surface area (TPSA) is 86.9 Å². The van der Waals surface area contributed by atoms with Crippen LogP contribution in [0.5, 0.6) is 0 Å². The van der Waals surface area contributed by atoms with Crippen LogP contribution in [0.4, 0.5) is 4.39 Å². The molecule has 0 aliphatic heterocycles. The van der Waals surface area contributed by atoms with E-state index in [4.69, 9.17) is 0 Å². The number of nitrogens with one attached hydrogen (secondary N) is 2. The number of nitriles is 1. The number of rotatable bonds is 5. The molecule has 2 aromatic rings. The number of hydrogen-bond acceptors (Lipinski definition) is 3. The standard InChI is InChI=1S/C22H25FN4O2/c1-27-19-9-8-15(23)10-14(19)11-20(27)22(29)25-17-5-3-2-4-16(17)21(28)26-18(12-24)13-6-7-13/h8-11,13,16-18H,2-7H2,1H3,(H,25,29)(H,26,28)/t16-,17+,18-/m1/s1. The Bertz CT molecular complexity index is 989. The molecule has 1 aromatic carbocycles. The Balaban J connectivity index is 1.49. The number of benzene rings is 1. The third-order valence-corrected chi connectivity index (χ3v) is 6.19. The number of nitrogens with zero attached hydrogens (tertiary/aromatic N) is 2. The number of fused-ring (bicyclic) bond motifs is 1. The molecule has 2 N–H and O–H groups in total. The van der Waals surface area contributed by atoms with Gasteiger partial charge in [-0.15, -0.1) is 0 Å². The molecule has 0 bridgehead atoms. The summed E-state index contributed by atoms with van der Waals surface area (Å²) in [5.74, 6) is -0.839. The van der Waals surface area contributed by atoms with Crippen LogP contribution in [0.1, 0.15) is 49.0 Å². The highest BCUT2D eigenvalue weighted by molar-refractivity contribution is 5.99. The number of aromatic nitrogens is 1. The smallest absolute Gasteiger partial charge is 0.268 e. The minimum Gasteiger partial charge on any atom is -0.347 e. The zero-order valence-electron chi connectivity index (χ0n) is 16.5. The van der Waals surface area contributed by atoms with E-state index in [2.05, 4.69) is 16.7 Å². The molecule has 2 aliphatic rings. The first-order valence-corrected chi connectivity index (χ1v) is 10.2. The molecule has 0 unspecified atom stereocenters. The van der Waals surface area contributed by atoms with Crippen LogP contribution in [-0.4, -0.2) is 28.5 Å². The Morgan fingerprint density at radius 2 is 1.97 bits per heavy atom. The van der Waals surface area contributed by atoms with E-state index in [-0.39, 0.29) is 35.5 Å². The molecular weight excluding hydrogens is 371 g/mol. The summed E-state index contributed by atoms with van der Waals surface area (Å²) >= 11 is 0. The zero-order chi connectivity index (χ0) is 20.5. The van der Waals surface area contributed by atoms with Gasteiger partial charge in [-0.25, -0.2) is 4.39 Å². The fraction of sp³-hybridized carbons (Fsp3) is 0.500. The van der Waals surface area contributed by atoms with Gasteiger partial charge in [-0.05, 0) is 55.9 Å². The second-order valence-electron chi connectivity index (χ2n) is 8.22. The summed E-state index contributed by atoms with van der Waals surface area (Å²) in [5.41, 5.74) is 1.21. The predicted octanol–water partition coefficient (Wildman–Crippen LogP) is 3.02. The predicted molar refractivity (Wildman–Crippen MR) is 106 cm³/mol. The number of hydrogen-bond donors (Lipinski definition) is 2. The Morgan fingerprint density at radius 1 is 1.21 bits per heavy atom. The maximum absolute atomic E-state index is 13.5. The average Bonchev–Trinajstić information content (AvgIpc) is 3.50. The van der Waals surface area contributed by atoms with Crippen molar-refractivity contribution in [1.29, 1.82) is 5.26 Å². The van der Waals surface area contributed by atoms with E-state index < -0.39 is 6.04 Å². The van der Waals surface area contributed by atoms with Crippen LogP contribution >= 0.6 is 0 Å². The van der Waals surface area contributed by atoms with Crippen LogP contribution in [0, 0.1) is 29.0 Å². The second-order valence-corrected chi connectivity index (χ2v) is 8.22. The van der Waals surface area contributed by atoms with E-state index in [1.54, 1.807) is 23.7 Å². The van der Waals surface area contributed by atoms with Crippen molar-refractivity contribution in [1.82, 2.24) is 15.2 Å². The summed E-state index contributed by atoms with van der Waals surface area (Å²) in [4.78, 5) is 25.8. The van der Waals surface area contributed by atoms with Gasteiger partial charge in [0.25, 0.3) is 5.91 Å². The fourth-order valence-electron chi connectivity index (χ4n) is 4.34. The first-order chi connectivity index (χ1) is 14.0. The molecule has 7 heteroatoms. The van der Waals surface area contributed by atoms with Gasteiger partial charge < -0.3 is 15.2 Å². The summed E-state index contributed by atoms with van der Waals surface area (Å²) in [6, 6.07) is 7.58. The summed E-state index contributed by atoms with van der Waals surface area (Å²) < 4.78 is 15.2. The molecule has 0 saturated heterocycles. The van der Waals surface area contributed by atoms with Crippen molar-refractivity contribution in [2.24, 2.45) is 18.9 Å². The molecular formula is C22H25FN4O2. The van der Waals surface area contributed by atoms with E-state index >= 15 is 0 Å². The lowest BCUT2D eigenvalue weighted by molar-refractivity contribution is -0.127. The molecule has 1 heterocycles.